The lowest BCUT2D eigenvalue weighted by atomic mass is 10.1. The third-order valence-corrected chi connectivity index (χ3v) is 6.74. The normalized spacial score (nSPS) is 14.6. The highest BCUT2D eigenvalue weighted by Gasteiger charge is 2.23. The summed E-state index contributed by atoms with van der Waals surface area (Å²) in [6.45, 7) is 8.23. The van der Waals surface area contributed by atoms with Crippen LogP contribution in [0.25, 0.3) is 0 Å². The molecule has 0 spiro atoms. The average Bonchev–Trinajstić information content (AvgIpc) is 3.24. The minimum absolute atomic E-state index is 0.0772. The van der Waals surface area contributed by atoms with Crippen molar-refractivity contribution in [2.75, 3.05) is 26.2 Å². The van der Waals surface area contributed by atoms with Gasteiger partial charge in [-0.05, 0) is 60.2 Å². The molecule has 162 valence electrons. The largest absolute Gasteiger partial charge is 0.489 e. The molecule has 4 nitrogen and oxygen atoms in total. The summed E-state index contributed by atoms with van der Waals surface area (Å²) in [5.41, 5.74) is 4.32. The van der Waals surface area contributed by atoms with Gasteiger partial charge in [-0.15, -0.1) is 11.3 Å². The molecule has 0 unspecified atom stereocenters. The van der Waals surface area contributed by atoms with Crippen LogP contribution < -0.4 is 4.74 Å². The molecule has 1 aliphatic heterocycles. The van der Waals surface area contributed by atoms with Crippen molar-refractivity contribution in [1.29, 1.82) is 0 Å². The van der Waals surface area contributed by atoms with Gasteiger partial charge in [-0.2, -0.15) is 0 Å². The molecule has 6 heteroatoms. The maximum absolute atomic E-state index is 13.4. The zero-order valence-corrected chi connectivity index (χ0v) is 18.8. The summed E-state index contributed by atoms with van der Waals surface area (Å²) < 4.78 is 19.4. The molecule has 1 amide bonds. The second-order valence-electron chi connectivity index (χ2n) is 8.00. The van der Waals surface area contributed by atoms with E-state index in [2.05, 4.69) is 24.8 Å². The lowest BCUT2D eigenvalue weighted by molar-refractivity contribution is 0.0633. The van der Waals surface area contributed by atoms with Crippen molar-refractivity contribution in [2.24, 2.45) is 0 Å². The van der Waals surface area contributed by atoms with Crippen molar-refractivity contribution in [1.82, 2.24) is 9.80 Å². The van der Waals surface area contributed by atoms with Crippen molar-refractivity contribution in [3.8, 4) is 5.75 Å². The summed E-state index contributed by atoms with van der Waals surface area (Å²) in [4.78, 5) is 17.8. The quantitative estimate of drug-likeness (QED) is 0.541. The molecule has 0 bridgehead atoms. The van der Waals surface area contributed by atoms with Gasteiger partial charge in [0.05, 0.1) is 4.88 Å². The predicted molar refractivity (Wildman–Crippen MR) is 122 cm³/mol. The van der Waals surface area contributed by atoms with Gasteiger partial charge in [0, 0.05) is 38.3 Å². The molecule has 2 heterocycles. The van der Waals surface area contributed by atoms with Crippen LogP contribution in [0, 0.1) is 19.7 Å². The van der Waals surface area contributed by atoms with Crippen molar-refractivity contribution >= 4 is 17.2 Å². The highest BCUT2D eigenvalue weighted by molar-refractivity contribution is 7.12. The van der Waals surface area contributed by atoms with Gasteiger partial charge < -0.3 is 9.64 Å². The SMILES string of the molecule is Cc1cccc(OCc2csc(C(=O)N3CCN(Cc4cccc(F)c4)CC3)c2)c1C. The molecule has 1 fully saturated rings. The minimum Gasteiger partial charge on any atom is -0.489 e. The van der Waals surface area contributed by atoms with E-state index in [-0.39, 0.29) is 11.7 Å². The number of hydrogen-bond acceptors (Lipinski definition) is 4. The second-order valence-corrected chi connectivity index (χ2v) is 8.92. The van der Waals surface area contributed by atoms with E-state index < -0.39 is 0 Å². The highest BCUT2D eigenvalue weighted by Crippen LogP contribution is 2.24. The van der Waals surface area contributed by atoms with Crippen LogP contribution in [-0.4, -0.2) is 41.9 Å². The molecular formula is C25H27FN2O2S. The molecule has 0 saturated carbocycles. The Kier molecular flexibility index (Phi) is 6.68. The molecule has 1 saturated heterocycles. The number of hydrogen-bond donors (Lipinski definition) is 0. The highest BCUT2D eigenvalue weighted by atomic mass is 32.1. The van der Waals surface area contributed by atoms with E-state index in [1.807, 2.05) is 34.5 Å². The number of halogens is 1. The molecule has 0 N–H and O–H groups in total. The number of ether oxygens (including phenoxy) is 1. The number of benzene rings is 2. The number of carbonyl (C=O) groups is 1. The Hall–Kier alpha value is -2.70. The molecule has 1 aliphatic rings. The maximum atomic E-state index is 13.4. The Morgan fingerprint density at radius 1 is 1.03 bits per heavy atom. The van der Waals surface area contributed by atoms with Crippen molar-refractivity contribution in [2.45, 2.75) is 27.0 Å². The van der Waals surface area contributed by atoms with E-state index in [4.69, 9.17) is 4.74 Å². The monoisotopic (exact) mass is 438 g/mol. The van der Waals surface area contributed by atoms with Gasteiger partial charge in [0.25, 0.3) is 5.91 Å². The molecule has 2 aromatic carbocycles. The summed E-state index contributed by atoms with van der Waals surface area (Å²) in [5.74, 6) is 0.753. The first-order chi connectivity index (χ1) is 15.0. The van der Waals surface area contributed by atoms with E-state index in [9.17, 15) is 9.18 Å². The van der Waals surface area contributed by atoms with Gasteiger partial charge >= 0.3 is 0 Å². The predicted octanol–water partition coefficient (Wildman–Crippen LogP) is 5.04. The minimum atomic E-state index is -0.207. The van der Waals surface area contributed by atoms with Crippen LogP contribution in [0.3, 0.4) is 0 Å². The second kappa shape index (κ2) is 9.62. The van der Waals surface area contributed by atoms with Gasteiger partial charge in [-0.25, -0.2) is 4.39 Å². The van der Waals surface area contributed by atoms with Crippen LogP contribution in [0.1, 0.15) is 31.9 Å². The number of rotatable bonds is 6. The van der Waals surface area contributed by atoms with E-state index in [0.717, 1.165) is 40.4 Å². The fraction of sp³-hybridized carbons (Fsp3) is 0.320. The molecule has 31 heavy (non-hydrogen) atoms. The van der Waals surface area contributed by atoms with Gasteiger partial charge in [-0.1, -0.05) is 24.3 Å². The molecule has 1 aromatic heterocycles. The first kappa shape index (κ1) is 21.5. The van der Waals surface area contributed by atoms with Gasteiger partial charge in [-0.3, -0.25) is 9.69 Å². The van der Waals surface area contributed by atoms with E-state index >= 15 is 0 Å². The smallest absolute Gasteiger partial charge is 0.264 e. The van der Waals surface area contributed by atoms with Gasteiger partial charge in [0.1, 0.15) is 18.2 Å². The summed E-state index contributed by atoms with van der Waals surface area (Å²) in [5, 5.41) is 2.00. The van der Waals surface area contributed by atoms with Crippen LogP contribution in [0.15, 0.2) is 53.9 Å². The van der Waals surface area contributed by atoms with Gasteiger partial charge in [0.15, 0.2) is 0 Å². The molecule has 0 atom stereocenters. The van der Waals surface area contributed by atoms with E-state index in [0.29, 0.717) is 26.2 Å². The summed E-state index contributed by atoms with van der Waals surface area (Å²) in [7, 11) is 0. The third kappa shape index (κ3) is 5.32. The Morgan fingerprint density at radius 2 is 1.81 bits per heavy atom. The Bertz CT molecular complexity index is 1060. The lowest BCUT2D eigenvalue weighted by Crippen LogP contribution is -2.48. The average molecular weight is 439 g/mol. The van der Waals surface area contributed by atoms with Crippen LogP contribution >= 0.6 is 11.3 Å². The van der Waals surface area contributed by atoms with Crippen LogP contribution in [0.5, 0.6) is 5.75 Å². The Morgan fingerprint density at radius 3 is 2.58 bits per heavy atom. The Balaban J connectivity index is 1.29. The number of piperazine rings is 1. The fourth-order valence-electron chi connectivity index (χ4n) is 3.76. The lowest BCUT2D eigenvalue weighted by Gasteiger charge is -2.34. The molecule has 4 rings (SSSR count). The van der Waals surface area contributed by atoms with Crippen molar-refractivity contribution < 1.29 is 13.9 Å². The summed E-state index contributed by atoms with van der Waals surface area (Å²) in [6, 6.07) is 14.7. The zero-order chi connectivity index (χ0) is 21.8. The zero-order valence-electron chi connectivity index (χ0n) is 17.9. The molecule has 0 aliphatic carbocycles. The topological polar surface area (TPSA) is 32.8 Å². The van der Waals surface area contributed by atoms with Crippen LogP contribution in [0.4, 0.5) is 4.39 Å². The number of nitrogens with zero attached hydrogens (tertiary/aromatic N) is 2. The van der Waals surface area contributed by atoms with E-state index in [1.165, 1.54) is 23.0 Å². The van der Waals surface area contributed by atoms with Crippen LogP contribution in [0.2, 0.25) is 0 Å². The number of amides is 1. The van der Waals surface area contributed by atoms with E-state index in [1.54, 1.807) is 12.1 Å². The van der Waals surface area contributed by atoms with Crippen LogP contribution in [-0.2, 0) is 13.2 Å². The maximum Gasteiger partial charge on any atom is 0.264 e. The summed E-state index contributed by atoms with van der Waals surface area (Å²) >= 11 is 1.47. The van der Waals surface area contributed by atoms with Gasteiger partial charge in [0.2, 0.25) is 0 Å². The number of carbonyl (C=O) groups excluding carboxylic acids is 1. The standard InChI is InChI=1S/C25H27FN2O2S/c1-18-5-3-8-23(19(18)2)30-16-21-14-24(31-17-21)25(29)28-11-9-27(10-12-28)15-20-6-4-7-22(26)13-20/h3-8,13-14,17H,9-12,15-16H2,1-2H3. The fourth-order valence-corrected chi connectivity index (χ4v) is 4.63. The first-order valence-corrected chi connectivity index (χ1v) is 11.4. The van der Waals surface area contributed by atoms with Crippen molar-refractivity contribution in [3.63, 3.8) is 0 Å². The first-order valence-electron chi connectivity index (χ1n) is 10.5. The van der Waals surface area contributed by atoms with Crippen molar-refractivity contribution in [3.05, 3.63) is 86.9 Å². The molecular weight excluding hydrogens is 411 g/mol. The Labute approximate surface area is 186 Å². The summed E-state index contributed by atoms with van der Waals surface area (Å²) in [6.07, 6.45) is 0. The third-order valence-electron chi connectivity index (χ3n) is 5.77. The number of thiophene rings is 1. The molecule has 0 radical (unpaired) electrons. The molecule has 3 aromatic rings. The number of aryl methyl sites for hydroxylation is 1.